The molecule has 1 aliphatic heterocycles. The predicted molar refractivity (Wildman–Crippen MR) is 45.1 cm³/mol. The van der Waals surface area contributed by atoms with Gasteiger partial charge in [-0.15, -0.1) is 0 Å². The van der Waals surface area contributed by atoms with Crippen LogP contribution in [0, 0.1) is 0 Å². The van der Waals surface area contributed by atoms with Crippen LogP contribution in [0.15, 0.2) is 5.16 Å². The van der Waals surface area contributed by atoms with Gasteiger partial charge in [0.25, 0.3) is 0 Å². The molecule has 3 N–H and O–H groups in total. The van der Waals surface area contributed by atoms with Crippen LogP contribution >= 0.6 is 11.8 Å². The number of nitrogens with two attached hydrogens (primary N) is 1. The number of thioether (sulfide) groups is 1. The minimum atomic E-state index is 0.303. The molecule has 0 aromatic rings. The zero-order valence-electron chi connectivity index (χ0n) is 6.19. The molecule has 0 radical (unpaired) electrons. The highest BCUT2D eigenvalue weighted by Gasteiger charge is 2.17. The minimum Gasteiger partial charge on any atom is -0.409 e. The van der Waals surface area contributed by atoms with Gasteiger partial charge in [-0.1, -0.05) is 5.16 Å². The summed E-state index contributed by atoms with van der Waals surface area (Å²) in [7, 11) is 0. The first-order valence-electron chi connectivity index (χ1n) is 3.48. The maximum absolute atomic E-state index is 8.20. The van der Waals surface area contributed by atoms with E-state index in [1.54, 1.807) is 0 Å². The highest BCUT2D eigenvalue weighted by Crippen LogP contribution is 2.19. The first-order chi connectivity index (χ1) is 5.33. The number of hydrogen-bond donors (Lipinski definition) is 2. The van der Waals surface area contributed by atoms with Gasteiger partial charge in [0.1, 0.15) is 5.84 Å². The summed E-state index contributed by atoms with van der Waals surface area (Å²) in [5.74, 6) is 1.21. The van der Waals surface area contributed by atoms with Crippen LogP contribution in [0.1, 0.15) is 6.42 Å². The summed E-state index contributed by atoms with van der Waals surface area (Å²) >= 11 is 1.81. The van der Waals surface area contributed by atoms with E-state index in [0.717, 1.165) is 19.0 Å². The zero-order chi connectivity index (χ0) is 8.10. The van der Waals surface area contributed by atoms with E-state index in [1.165, 1.54) is 0 Å². The number of oxime groups is 1. The second kappa shape index (κ2) is 4.46. The van der Waals surface area contributed by atoms with Crippen molar-refractivity contribution >= 4 is 17.6 Å². The lowest BCUT2D eigenvalue weighted by Gasteiger charge is -2.24. The van der Waals surface area contributed by atoms with Crippen LogP contribution < -0.4 is 5.73 Å². The van der Waals surface area contributed by atoms with Crippen LogP contribution in [0.3, 0.4) is 0 Å². The van der Waals surface area contributed by atoms with E-state index in [1.807, 2.05) is 11.8 Å². The Morgan fingerprint density at radius 1 is 1.73 bits per heavy atom. The van der Waals surface area contributed by atoms with Crippen LogP contribution in [0.4, 0.5) is 0 Å². The largest absolute Gasteiger partial charge is 0.409 e. The molecule has 0 saturated carbocycles. The molecular weight excluding hydrogens is 164 g/mol. The summed E-state index contributed by atoms with van der Waals surface area (Å²) in [6.07, 6.45) is 0.650. The first-order valence-corrected chi connectivity index (χ1v) is 4.53. The van der Waals surface area contributed by atoms with Crippen molar-refractivity contribution in [3.05, 3.63) is 0 Å². The van der Waals surface area contributed by atoms with Crippen LogP contribution in [0.2, 0.25) is 0 Å². The van der Waals surface area contributed by atoms with Gasteiger partial charge in [-0.05, 0) is 0 Å². The smallest absolute Gasteiger partial charge is 0.139 e. The first kappa shape index (κ1) is 8.67. The van der Waals surface area contributed by atoms with Gasteiger partial charge in [0, 0.05) is 12.2 Å². The molecule has 0 bridgehead atoms. The molecule has 5 heteroatoms. The Kier molecular flexibility index (Phi) is 3.51. The summed E-state index contributed by atoms with van der Waals surface area (Å²) < 4.78 is 4.99. The minimum absolute atomic E-state index is 0.303. The van der Waals surface area contributed by atoms with Gasteiger partial charge in [-0.25, -0.2) is 0 Å². The molecule has 64 valence electrons. The fourth-order valence-corrected chi connectivity index (χ4v) is 1.74. The lowest BCUT2D eigenvalue weighted by Crippen LogP contribution is -2.30. The third-order valence-electron chi connectivity index (χ3n) is 1.45. The molecule has 0 aromatic heterocycles. The lowest BCUT2D eigenvalue weighted by atomic mass is 10.4. The average molecular weight is 176 g/mol. The van der Waals surface area contributed by atoms with E-state index in [9.17, 15) is 0 Å². The fraction of sp³-hybridized carbons (Fsp3) is 0.833. The predicted octanol–water partition coefficient (Wildman–Crippen LogP) is 0.255. The maximum atomic E-state index is 8.20. The second-order valence-corrected chi connectivity index (χ2v) is 3.78. The van der Waals surface area contributed by atoms with Crippen LogP contribution in [-0.2, 0) is 4.74 Å². The van der Waals surface area contributed by atoms with Crippen LogP contribution in [0.5, 0.6) is 0 Å². The van der Waals surface area contributed by atoms with Crippen molar-refractivity contribution in [1.29, 1.82) is 0 Å². The van der Waals surface area contributed by atoms with E-state index >= 15 is 0 Å². The topological polar surface area (TPSA) is 67.8 Å². The Labute approximate surface area is 69.8 Å². The molecule has 1 saturated heterocycles. The lowest BCUT2D eigenvalue weighted by molar-refractivity contribution is 0.0455. The van der Waals surface area contributed by atoms with Crippen molar-refractivity contribution in [2.75, 3.05) is 19.0 Å². The molecule has 4 nitrogen and oxygen atoms in total. The quantitative estimate of drug-likeness (QED) is 0.279. The molecule has 0 unspecified atom stereocenters. The number of amidine groups is 1. The summed E-state index contributed by atoms with van der Waals surface area (Å²) in [5.41, 5.74) is 5.27. The van der Waals surface area contributed by atoms with Gasteiger partial charge in [-0.3, -0.25) is 0 Å². The molecule has 1 aliphatic rings. The average Bonchev–Trinajstić information content (AvgIpc) is 1.94. The van der Waals surface area contributed by atoms with E-state index in [-0.39, 0.29) is 0 Å². The fourth-order valence-electron chi connectivity index (χ4n) is 0.690. The monoisotopic (exact) mass is 176 g/mol. The highest BCUT2D eigenvalue weighted by molar-refractivity contribution is 8.00. The summed E-state index contributed by atoms with van der Waals surface area (Å²) in [5, 5.41) is 11.7. The van der Waals surface area contributed by atoms with Crippen molar-refractivity contribution < 1.29 is 9.94 Å². The zero-order valence-corrected chi connectivity index (χ0v) is 7.01. The van der Waals surface area contributed by atoms with Crippen LogP contribution in [0.25, 0.3) is 0 Å². The molecule has 1 fully saturated rings. The molecule has 1 rings (SSSR count). The number of hydrogen-bond acceptors (Lipinski definition) is 4. The van der Waals surface area contributed by atoms with Crippen molar-refractivity contribution in [2.45, 2.75) is 11.7 Å². The summed E-state index contributed by atoms with van der Waals surface area (Å²) in [4.78, 5) is 0. The molecular formula is C6H12N2O2S. The molecule has 0 aliphatic carbocycles. The van der Waals surface area contributed by atoms with Gasteiger partial charge in [0.05, 0.1) is 18.5 Å². The van der Waals surface area contributed by atoms with Crippen molar-refractivity contribution in [3.8, 4) is 0 Å². The van der Waals surface area contributed by atoms with E-state index < -0.39 is 0 Å². The molecule has 0 spiro atoms. The third-order valence-corrected chi connectivity index (χ3v) is 2.63. The highest BCUT2D eigenvalue weighted by atomic mass is 32.2. The normalized spacial score (nSPS) is 19.8. The standard InChI is InChI=1S/C6H12N2O2S/c7-6(8-9)1-2-11-5-3-10-4-5/h5,9H,1-4H2,(H2,7,8). The Morgan fingerprint density at radius 2 is 2.45 bits per heavy atom. The third kappa shape index (κ3) is 2.98. The van der Waals surface area contributed by atoms with Crippen LogP contribution in [-0.4, -0.2) is 35.3 Å². The molecule has 0 amide bonds. The Balaban J connectivity index is 1.95. The molecule has 0 atom stereocenters. The Bertz CT molecular complexity index is 148. The van der Waals surface area contributed by atoms with Crippen molar-refractivity contribution in [2.24, 2.45) is 10.9 Å². The van der Waals surface area contributed by atoms with Gasteiger partial charge in [0.15, 0.2) is 0 Å². The Hall–Kier alpha value is -0.420. The van der Waals surface area contributed by atoms with E-state index in [2.05, 4.69) is 5.16 Å². The number of rotatable bonds is 4. The number of nitrogens with zero attached hydrogens (tertiary/aromatic N) is 1. The summed E-state index contributed by atoms with van der Waals surface area (Å²) in [6, 6.07) is 0. The second-order valence-electron chi connectivity index (χ2n) is 2.37. The van der Waals surface area contributed by atoms with Gasteiger partial charge < -0.3 is 15.7 Å². The van der Waals surface area contributed by atoms with Crippen molar-refractivity contribution in [3.63, 3.8) is 0 Å². The van der Waals surface area contributed by atoms with E-state index in [4.69, 9.17) is 15.7 Å². The SMILES string of the molecule is NC(CCSC1COC1)=NO. The van der Waals surface area contributed by atoms with Gasteiger partial charge >= 0.3 is 0 Å². The molecule has 0 aromatic carbocycles. The maximum Gasteiger partial charge on any atom is 0.139 e. The van der Waals surface area contributed by atoms with Crippen molar-refractivity contribution in [1.82, 2.24) is 0 Å². The number of ether oxygens (including phenoxy) is 1. The molecule has 1 heterocycles. The Morgan fingerprint density at radius 3 is 2.91 bits per heavy atom. The summed E-state index contributed by atoms with van der Waals surface area (Å²) in [6.45, 7) is 1.70. The van der Waals surface area contributed by atoms with Gasteiger partial charge in [-0.2, -0.15) is 11.8 Å². The van der Waals surface area contributed by atoms with Gasteiger partial charge in [0.2, 0.25) is 0 Å². The van der Waals surface area contributed by atoms with E-state index in [0.29, 0.717) is 17.5 Å². The molecule has 11 heavy (non-hydrogen) atoms.